The van der Waals surface area contributed by atoms with Crippen LogP contribution in [0.4, 0.5) is 0 Å². The molecule has 0 spiro atoms. The first-order chi connectivity index (χ1) is 7.19. The molecule has 4 heteroatoms. The van der Waals surface area contributed by atoms with Crippen LogP contribution in [0.3, 0.4) is 0 Å². The molecule has 1 aromatic heterocycles. The molecule has 0 saturated heterocycles. The highest BCUT2D eigenvalue weighted by Crippen LogP contribution is 2.28. The van der Waals surface area contributed by atoms with Crippen molar-refractivity contribution in [2.75, 3.05) is 0 Å². The monoisotopic (exact) mass is 241 g/mol. The summed E-state index contributed by atoms with van der Waals surface area (Å²) in [7, 11) is 0. The van der Waals surface area contributed by atoms with E-state index in [9.17, 15) is 0 Å². The van der Waals surface area contributed by atoms with Crippen LogP contribution in [0.5, 0.6) is 0 Å². The standard InChI is InChI=1S/C11H12ClNOS/c1-3-7(2)15-11-13-9-6-8(12)4-5-10(9)14-11/h4-7H,3H2,1-2H3. The average molecular weight is 242 g/mol. The number of hydrogen-bond donors (Lipinski definition) is 0. The first-order valence-corrected chi connectivity index (χ1v) is 6.17. The van der Waals surface area contributed by atoms with E-state index in [0.29, 0.717) is 10.3 Å². The minimum atomic E-state index is 0.522. The molecule has 0 bridgehead atoms. The van der Waals surface area contributed by atoms with Crippen LogP contribution < -0.4 is 0 Å². The normalized spacial score (nSPS) is 13.3. The van der Waals surface area contributed by atoms with E-state index >= 15 is 0 Å². The van der Waals surface area contributed by atoms with Gasteiger partial charge in [-0.15, -0.1) is 0 Å². The predicted molar refractivity (Wildman–Crippen MR) is 64.6 cm³/mol. The highest BCUT2D eigenvalue weighted by Gasteiger charge is 2.09. The lowest BCUT2D eigenvalue weighted by atomic mass is 10.3. The molecule has 0 saturated carbocycles. The van der Waals surface area contributed by atoms with Crippen LogP contribution in [0.25, 0.3) is 11.1 Å². The first-order valence-electron chi connectivity index (χ1n) is 4.92. The maximum absolute atomic E-state index is 5.87. The highest BCUT2D eigenvalue weighted by atomic mass is 35.5. The molecule has 0 aliphatic rings. The van der Waals surface area contributed by atoms with Crippen LogP contribution in [0.1, 0.15) is 20.3 Å². The van der Waals surface area contributed by atoms with E-state index in [1.54, 1.807) is 11.8 Å². The summed E-state index contributed by atoms with van der Waals surface area (Å²) >= 11 is 7.53. The van der Waals surface area contributed by atoms with Crippen LogP contribution in [-0.2, 0) is 0 Å². The fraction of sp³-hybridized carbons (Fsp3) is 0.364. The van der Waals surface area contributed by atoms with Crippen molar-refractivity contribution >= 4 is 34.5 Å². The van der Waals surface area contributed by atoms with Gasteiger partial charge in [0.1, 0.15) is 5.52 Å². The molecule has 80 valence electrons. The summed E-state index contributed by atoms with van der Waals surface area (Å²) in [4.78, 5) is 4.37. The van der Waals surface area contributed by atoms with Gasteiger partial charge < -0.3 is 4.42 Å². The molecule has 2 nitrogen and oxygen atoms in total. The quantitative estimate of drug-likeness (QED) is 0.747. The maximum atomic E-state index is 5.87. The van der Waals surface area contributed by atoms with Gasteiger partial charge in [-0.2, -0.15) is 0 Å². The molecule has 0 amide bonds. The van der Waals surface area contributed by atoms with Crippen molar-refractivity contribution in [3.05, 3.63) is 23.2 Å². The Hall–Kier alpha value is -0.670. The van der Waals surface area contributed by atoms with E-state index in [4.69, 9.17) is 16.0 Å². The van der Waals surface area contributed by atoms with Crippen molar-refractivity contribution in [1.82, 2.24) is 4.98 Å². The molecule has 2 aromatic rings. The number of fused-ring (bicyclic) bond motifs is 1. The maximum Gasteiger partial charge on any atom is 0.256 e. The number of halogens is 1. The molecule has 1 heterocycles. The van der Waals surface area contributed by atoms with Gasteiger partial charge in [-0.05, 0) is 24.6 Å². The zero-order valence-electron chi connectivity index (χ0n) is 8.66. The Morgan fingerprint density at radius 1 is 1.53 bits per heavy atom. The summed E-state index contributed by atoms with van der Waals surface area (Å²) in [6.45, 7) is 4.31. The van der Waals surface area contributed by atoms with Gasteiger partial charge in [0.05, 0.1) is 0 Å². The van der Waals surface area contributed by atoms with Crippen molar-refractivity contribution in [2.45, 2.75) is 30.7 Å². The van der Waals surface area contributed by atoms with E-state index in [1.807, 2.05) is 18.2 Å². The minimum Gasteiger partial charge on any atom is -0.431 e. The van der Waals surface area contributed by atoms with Gasteiger partial charge in [0, 0.05) is 10.3 Å². The lowest BCUT2D eigenvalue weighted by Gasteiger charge is -2.01. The number of benzene rings is 1. The van der Waals surface area contributed by atoms with Gasteiger partial charge in [-0.3, -0.25) is 0 Å². The predicted octanol–water partition coefficient (Wildman–Crippen LogP) is 4.37. The molecule has 2 rings (SSSR count). The molecule has 1 unspecified atom stereocenters. The molecular formula is C11H12ClNOS. The number of rotatable bonds is 3. The molecule has 15 heavy (non-hydrogen) atoms. The Kier molecular flexibility index (Phi) is 3.22. The van der Waals surface area contributed by atoms with Gasteiger partial charge >= 0.3 is 0 Å². The summed E-state index contributed by atoms with van der Waals surface area (Å²) in [5.74, 6) is 0. The molecule has 1 aromatic carbocycles. The summed E-state index contributed by atoms with van der Waals surface area (Å²) in [5.41, 5.74) is 1.62. The molecule has 0 N–H and O–H groups in total. The van der Waals surface area contributed by atoms with Gasteiger partial charge in [0.2, 0.25) is 0 Å². The van der Waals surface area contributed by atoms with Gasteiger partial charge in [0.25, 0.3) is 5.22 Å². The number of hydrogen-bond acceptors (Lipinski definition) is 3. The summed E-state index contributed by atoms with van der Waals surface area (Å²) in [6.07, 6.45) is 1.10. The van der Waals surface area contributed by atoms with Crippen LogP contribution in [-0.4, -0.2) is 10.2 Å². The second-order valence-electron chi connectivity index (χ2n) is 3.43. The van der Waals surface area contributed by atoms with Crippen LogP contribution in [0.2, 0.25) is 5.02 Å². The van der Waals surface area contributed by atoms with Crippen LogP contribution in [0.15, 0.2) is 27.8 Å². The minimum absolute atomic E-state index is 0.522. The third kappa shape index (κ3) is 2.47. The molecule has 0 fully saturated rings. The van der Waals surface area contributed by atoms with Crippen LogP contribution in [0, 0.1) is 0 Å². The van der Waals surface area contributed by atoms with E-state index in [2.05, 4.69) is 18.8 Å². The van der Waals surface area contributed by atoms with Gasteiger partial charge in [-0.25, -0.2) is 4.98 Å². The number of aromatic nitrogens is 1. The Bertz CT molecular complexity index is 469. The summed E-state index contributed by atoms with van der Waals surface area (Å²) < 4.78 is 5.59. The van der Waals surface area contributed by atoms with Crippen molar-refractivity contribution in [3.63, 3.8) is 0 Å². The molecular weight excluding hydrogens is 230 g/mol. The average Bonchev–Trinajstić information content (AvgIpc) is 2.59. The SMILES string of the molecule is CCC(C)Sc1nc2cc(Cl)ccc2o1. The van der Waals surface area contributed by atoms with E-state index in [0.717, 1.165) is 22.7 Å². The largest absolute Gasteiger partial charge is 0.431 e. The Morgan fingerprint density at radius 3 is 3.07 bits per heavy atom. The molecule has 0 aliphatic heterocycles. The van der Waals surface area contributed by atoms with E-state index < -0.39 is 0 Å². The first kappa shape index (κ1) is 10.8. The zero-order valence-corrected chi connectivity index (χ0v) is 10.2. The summed E-state index contributed by atoms with van der Waals surface area (Å²) in [6, 6.07) is 5.49. The Balaban J connectivity index is 2.30. The lowest BCUT2D eigenvalue weighted by Crippen LogP contribution is -1.91. The Morgan fingerprint density at radius 2 is 2.33 bits per heavy atom. The number of oxazole rings is 1. The highest BCUT2D eigenvalue weighted by molar-refractivity contribution is 7.99. The summed E-state index contributed by atoms with van der Waals surface area (Å²) in [5, 5.41) is 1.94. The fourth-order valence-electron chi connectivity index (χ4n) is 1.19. The number of nitrogens with zero attached hydrogens (tertiary/aromatic N) is 1. The third-order valence-corrected chi connectivity index (χ3v) is 3.55. The van der Waals surface area contributed by atoms with Crippen molar-refractivity contribution < 1.29 is 4.42 Å². The van der Waals surface area contributed by atoms with Crippen LogP contribution >= 0.6 is 23.4 Å². The van der Waals surface area contributed by atoms with E-state index in [1.165, 1.54) is 0 Å². The van der Waals surface area contributed by atoms with Crippen molar-refractivity contribution in [2.24, 2.45) is 0 Å². The molecule has 0 radical (unpaired) electrons. The lowest BCUT2D eigenvalue weighted by molar-refractivity contribution is 0.488. The second-order valence-corrected chi connectivity index (χ2v) is 5.25. The zero-order chi connectivity index (χ0) is 10.8. The Labute approximate surface area is 98.0 Å². The second kappa shape index (κ2) is 4.45. The third-order valence-electron chi connectivity index (χ3n) is 2.21. The smallest absolute Gasteiger partial charge is 0.256 e. The van der Waals surface area contributed by atoms with Gasteiger partial charge in [-0.1, -0.05) is 37.2 Å². The van der Waals surface area contributed by atoms with Crippen molar-refractivity contribution in [3.8, 4) is 0 Å². The topological polar surface area (TPSA) is 26.0 Å². The fourth-order valence-corrected chi connectivity index (χ4v) is 2.15. The van der Waals surface area contributed by atoms with E-state index in [-0.39, 0.29) is 0 Å². The molecule has 1 atom stereocenters. The van der Waals surface area contributed by atoms with Crippen molar-refractivity contribution in [1.29, 1.82) is 0 Å². The van der Waals surface area contributed by atoms with Gasteiger partial charge in [0.15, 0.2) is 5.58 Å². The molecule has 0 aliphatic carbocycles. The number of thioether (sulfide) groups is 1.